The summed E-state index contributed by atoms with van der Waals surface area (Å²) in [5.74, 6) is 0.0363. The Morgan fingerprint density at radius 1 is 1.28 bits per heavy atom. The largest absolute Gasteiger partial charge is 0.346 e. The van der Waals surface area contributed by atoms with E-state index in [9.17, 15) is 4.79 Å². The van der Waals surface area contributed by atoms with Gasteiger partial charge in [-0.15, -0.1) is 0 Å². The van der Waals surface area contributed by atoms with Gasteiger partial charge in [0, 0.05) is 24.3 Å². The number of carbonyl (C=O) groups excluding carboxylic acids is 1. The van der Waals surface area contributed by atoms with Gasteiger partial charge in [-0.3, -0.25) is 4.79 Å². The van der Waals surface area contributed by atoms with Crippen molar-refractivity contribution in [2.75, 3.05) is 0 Å². The van der Waals surface area contributed by atoms with E-state index in [2.05, 4.69) is 9.88 Å². The third-order valence-electron chi connectivity index (χ3n) is 4.37. The van der Waals surface area contributed by atoms with E-state index in [1.807, 2.05) is 18.3 Å². The number of hydrogen-bond donors (Lipinski definition) is 2. The van der Waals surface area contributed by atoms with Crippen LogP contribution in [0.4, 0.5) is 0 Å². The smallest absolute Gasteiger partial charge is 0.268 e. The van der Waals surface area contributed by atoms with Crippen LogP contribution < -0.4 is 11.1 Å². The third kappa shape index (κ3) is 2.05. The second-order valence-corrected chi connectivity index (χ2v) is 5.56. The van der Waals surface area contributed by atoms with Crippen molar-refractivity contribution in [1.29, 1.82) is 0 Å². The Balaban J connectivity index is 1.70. The standard InChI is InChI=1S/C14H21N3O/c15-11-6-2-7-12(11)16-14(18)13-8-3-9-17(13)10-4-1-5-10/h3,8-12H,1-2,4-7,15H2,(H,16,18). The monoisotopic (exact) mass is 247 g/mol. The number of carbonyl (C=O) groups is 1. The Bertz CT molecular complexity index is 436. The summed E-state index contributed by atoms with van der Waals surface area (Å²) in [5, 5.41) is 3.09. The van der Waals surface area contributed by atoms with Crippen molar-refractivity contribution in [3.8, 4) is 0 Å². The lowest BCUT2D eigenvalue weighted by Crippen LogP contribution is -2.44. The highest BCUT2D eigenvalue weighted by atomic mass is 16.2. The predicted molar refractivity (Wildman–Crippen MR) is 70.4 cm³/mol. The lowest BCUT2D eigenvalue weighted by atomic mass is 9.93. The first-order chi connectivity index (χ1) is 8.75. The molecule has 1 aromatic heterocycles. The number of nitrogens with one attached hydrogen (secondary N) is 1. The molecule has 2 saturated carbocycles. The van der Waals surface area contributed by atoms with E-state index < -0.39 is 0 Å². The van der Waals surface area contributed by atoms with Crippen LogP contribution in [-0.2, 0) is 0 Å². The lowest BCUT2D eigenvalue weighted by Gasteiger charge is -2.29. The van der Waals surface area contributed by atoms with E-state index >= 15 is 0 Å². The zero-order chi connectivity index (χ0) is 12.5. The van der Waals surface area contributed by atoms with E-state index in [1.54, 1.807) is 0 Å². The highest BCUT2D eigenvalue weighted by molar-refractivity contribution is 5.93. The topological polar surface area (TPSA) is 60.0 Å². The number of rotatable bonds is 3. The van der Waals surface area contributed by atoms with Gasteiger partial charge in [0.25, 0.3) is 5.91 Å². The third-order valence-corrected chi connectivity index (χ3v) is 4.37. The molecule has 18 heavy (non-hydrogen) atoms. The van der Waals surface area contributed by atoms with Crippen LogP contribution in [0.3, 0.4) is 0 Å². The lowest BCUT2D eigenvalue weighted by molar-refractivity contribution is 0.0919. The molecule has 2 unspecified atom stereocenters. The highest BCUT2D eigenvalue weighted by Crippen LogP contribution is 2.32. The molecule has 0 bridgehead atoms. The predicted octanol–water partition coefficient (Wildman–Crippen LogP) is 1.82. The van der Waals surface area contributed by atoms with Gasteiger partial charge in [0.2, 0.25) is 0 Å². The van der Waals surface area contributed by atoms with Gasteiger partial charge in [0.05, 0.1) is 0 Å². The summed E-state index contributed by atoms with van der Waals surface area (Å²) in [7, 11) is 0. The maximum Gasteiger partial charge on any atom is 0.268 e. The molecule has 2 fully saturated rings. The molecule has 2 aliphatic carbocycles. The summed E-state index contributed by atoms with van der Waals surface area (Å²) in [6, 6.07) is 4.68. The van der Waals surface area contributed by atoms with Crippen molar-refractivity contribution >= 4 is 5.91 Å². The first-order valence-corrected chi connectivity index (χ1v) is 6.99. The second kappa shape index (κ2) is 4.76. The van der Waals surface area contributed by atoms with Gasteiger partial charge in [0.15, 0.2) is 0 Å². The van der Waals surface area contributed by atoms with Crippen LogP contribution in [0, 0.1) is 0 Å². The molecule has 3 N–H and O–H groups in total. The second-order valence-electron chi connectivity index (χ2n) is 5.56. The fourth-order valence-electron chi connectivity index (χ4n) is 2.98. The number of amides is 1. The molecular formula is C14H21N3O. The average molecular weight is 247 g/mol. The normalized spacial score (nSPS) is 28.1. The summed E-state index contributed by atoms with van der Waals surface area (Å²) < 4.78 is 2.12. The Kier molecular flexibility index (Phi) is 3.12. The molecule has 3 rings (SSSR count). The van der Waals surface area contributed by atoms with E-state index in [0.717, 1.165) is 25.0 Å². The molecule has 4 heteroatoms. The van der Waals surface area contributed by atoms with Gasteiger partial charge in [-0.25, -0.2) is 0 Å². The summed E-state index contributed by atoms with van der Waals surface area (Å²) >= 11 is 0. The van der Waals surface area contributed by atoms with E-state index in [1.165, 1.54) is 19.3 Å². The number of hydrogen-bond acceptors (Lipinski definition) is 2. The quantitative estimate of drug-likeness (QED) is 0.856. The number of aromatic nitrogens is 1. The SMILES string of the molecule is NC1CCCC1NC(=O)c1cccn1C1CCC1. The fraction of sp³-hybridized carbons (Fsp3) is 0.643. The summed E-state index contributed by atoms with van der Waals surface area (Å²) in [6.07, 6.45) is 8.84. The molecule has 0 radical (unpaired) electrons. The minimum absolute atomic E-state index is 0.0363. The molecular weight excluding hydrogens is 226 g/mol. The van der Waals surface area contributed by atoms with Gasteiger partial charge in [-0.2, -0.15) is 0 Å². The van der Waals surface area contributed by atoms with Crippen LogP contribution in [0.2, 0.25) is 0 Å². The molecule has 1 amide bonds. The van der Waals surface area contributed by atoms with Crippen molar-refractivity contribution in [3.05, 3.63) is 24.0 Å². The van der Waals surface area contributed by atoms with Crippen molar-refractivity contribution in [3.63, 3.8) is 0 Å². The average Bonchev–Trinajstić information content (AvgIpc) is 2.87. The van der Waals surface area contributed by atoms with Crippen LogP contribution >= 0.6 is 0 Å². The van der Waals surface area contributed by atoms with Crippen LogP contribution in [0.5, 0.6) is 0 Å². The first-order valence-electron chi connectivity index (χ1n) is 6.99. The number of nitrogens with two attached hydrogens (primary N) is 1. The minimum Gasteiger partial charge on any atom is -0.346 e. The molecule has 0 saturated heterocycles. The van der Waals surface area contributed by atoms with E-state index in [-0.39, 0.29) is 18.0 Å². The Morgan fingerprint density at radius 3 is 2.67 bits per heavy atom. The summed E-state index contributed by atoms with van der Waals surface area (Å²) in [4.78, 5) is 12.3. The van der Waals surface area contributed by atoms with Crippen LogP contribution in [0.15, 0.2) is 18.3 Å². The highest BCUT2D eigenvalue weighted by Gasteiger charge is 2.28. The minimum atomic E-state index is 0.0363. The van der Waals surface area contributed by atoms with Crippen LogP contribution in [-0.4, -0.2) is 22.6 Å². The van der Waals surface area contributed by atoms with Gasteiger partial charge in [0.1, 0.15) is 5.69 Å². The van der Waals surface area contributed by atoms with E-state index in [4.69, 9.17) is 5.73 Å². The van der Waals surface area contributed by atoms with Crippen LogP contribution in [0.25, 0.3) is 0 Å². The van der Waals surface area contributed by atoms with Gasteiger partial charge in [-0.1, -0.05) is 0 Å². The van der Waals surface area contributed by atoms with E-state index in [0.29, 0.717) is 6.04 Å². The van der Waals surface area contributed by atoms with Gasteiger partial charge in [-0.05, 0) is 50.7 Å². The van der Waals surface area contributed by atoms with Crippen molar-refractivity contribution in [1.82, 2.24) is 9.88 Å². The van der Waals surface area contributed by atoms with Crippen molar-refractivity contribution in [2.24, 2.45) is 5.73 Å². The molecule has 0 aromatic carbocycles. The molecule has 0 spiro atoms. The van der Waals surface area contributed by atoms with Crippen LogP contribution in [0.1, 0.15) is 55.1 Å². The Hall–Kier alpha value is -1.29. The number of nitrogens with zero attached hydrogens (tertiary/aromatic N) is 1. The maximum absolute atomic E-state index is 12.3. The Labute approximate surface area is 108 Å². The zero-order valence-corrected chi connectivity index (χ0v) is 10.6. The molecule has 4 nitrogen and oxygen atoms in total. The molecule has 98 valence electrons. The molecule has 0 aliphatic heterocycles. The molecule has 1 aromatic rings. The molecule has 2 aliphatic rings. The van der Waals surface area contributed by atoms with Crippen molar-refractivity contribution in [2.45, 2.75) is 56.7 Å². The zero-order valence-electron chi connectivity index (χ0n) is 10.6. The summed E-state index contributed by atoms with van der Waals surface area (Å²) in [5.41, 5.74) is 6.78. The molecule has 2 atom stereocenters. The van der Waals surface area contributed by atoms with Gasteiger partial charge >= 0.3 is 0 Å². The first kappa shape index (κ1) is 11.8. The van der Waals surface area contributed by atoms with Gasteiger partial charge < -0.3 is 15.6 Å². The maximum atomic E-state index is 12.3. The fourth-order valence-corrected chi connectivity index (χ4v) is 2.98. The Morgan fingerprint density at radius 2 is 2.06 bits per heavy atom. The summed E-state index contributed by atoms with van der Waals surface area (Å²) in [6.45, 7) is 0. The molecule has 1 heterocycles. The van der Waals surface area contributed by atoms with Crippen molar-refractivity contribution < 1.29 is 4.79 Å².